The molecule has 0 spiro atoms. The van der Waals surface area contributed by atoms with Crippen LogP contribution in [0.15, 0.2) is 0 Å². The fraction of sp³-hybridized carbons (Fsp3) is 1.00. The standard InChI is InChI=1S/C5H9F2N/c6-5(7,3-8)4-1-2-4/h4H,1-3,8H2. The van der Waals surface area contributed by atoms with Gasteiger partial charge in [-0.3, -0.25) is 0 Å². The Morgan fingerprint density at radius 1 is 1.50 bits per heavy atom. The van der Waals surface area contributed by atoms with E-state index >= 15 is 0 Å². The normalized spacial score (nSPS) is 21.4. The van der Waals surface area contributed by atoms with E-state index in [1.165, 1.54) is 0 Å². The topological polar surface area (TPSA) is 26.0 Å². The van der Waals surface area contributed by atoms with E-state index in [9.17, 15) is 8.78 Å². The predicted molar refractivity (Wildman–Crippen MR) is 26.7 cm³/mol. The first-order valence-electron chi connectivity index (χ1n) is 2.74. The van der Waals surface area contributed by atoms with Crippen LogP contribution in [0.1, 0.15) is 12.8 Å². The van der Waals surface area contributed by atoms with Gasteiger partial charge in [-0.25, -0.2) is 8.78 Å². The Kier molecular flexibility index (Phi) is 1.23. The van der Waals surface area contributed by atoms with Crippen LogP contribution in [0.5, 0.6) is 0 Å². The first-order valence-corrected chi connectivity index (χ1v) is 2.74. The van der Waals surface area contributed by atoms with Crippen LogP contribution in [-0.4, -0.2) is 12.5 Å². The Morgan fingerprint density at radius 2 is 2.00 bits per heavy atom. The van der Waals surface area contributed by atoms with Crippen LogP contribution < -0.4 is 5.73 Å². The molecule has 0 aromatic carbocycles. The van der Waals surface area contributed by atoms with Crippen LogP contribution in [0.4, 0.5) is 8.78 Å². The Morgan fingerprint density at radius 3 is 2.12 bits per heavy atom. The third-order valence-electron chi connectivity index (χ3n) is 1.45. The van der Waals surface area contributed by atoms with Crippen molar-refractivity contribution in [2.45, 2.75) is 18.8 Å². The van der Waals surface area contributed by atoms with Crippen LogP contribution in [0.2, 0.25) is 0 Å². The zero-order chi connectivity index (χ0) is 6.20. The fourth-order valence-corrected chi connectivity index (χ4v) is 0.672. The van der Waals surface area contributed by atoms with Crippen molar-refractivity contribution in [1.82, 2.24) is 0 Å². The molecule has 0 aromatic heterocycles. The van der Waals surface area contributed by atoms with Gasteiger partial charge in [0.1, 0.15) is 0 Å². The molecule has 2 N–H and O–H groups in total. The van der Waals surface area contributed by atoms with Gasteiger partial charge in [-0.05, 0) is 12.8 Å². The quantitative estimate of drug-likeness (QED) is 0.579. The Hall–Kier alpha value is -0.180. The maximum Gasteiger partial charge on any atom is 0.262 e. The van der Waals surface area contributed by atoms with Gasteiger partial charge in [0.2, 0.25) is 0 Å². The summed E-state index contributed by atoms with van der Waals surface area (Å²) in [7, 11) is 0. The van der Waals surface area contributed by atoms with E-state index in [1.807, 2.05) is 0 Å². The first-order chi connectivity index (χ1) is 3.67. The number of nitrogens with two attached hydrogens (primary N) is 1. The molecular weight excluding hydrogens is 112 g/mol. The van der Waals surface area contributed by atoms with Crippen LogP contribution >= 0.6 is 0 Å². The van der Waals surface area contributed by atoms with E-state index in [0.29, 0.717) is 12.8 Å². The predicted octanol–water partition coefficient (Wildman–Crippen LogP) is 0.990. The molecule has 48 valence electrons. The van der Waals surface area contributed by atoms with E-state index < -0.39 is 18.4 Å². The molecule has 1 saturated carbocycles. The molecule has 0 unspecified atom stereocenters. The lowest BCUT2D eigenvalue weighted by atomic mass is 10.2. The minimum atomic E-state index is -2.57. The summed E-state index contributed by atoms with van der Waals surface area (Å²) in [5, 5.41) is 0. The van der Waals surface area contributed by atoms with Crippen molar-refractivity contribution >= 4 is 0 Å². The molecule has 1 aliphatic rings. The van der Waals surface area contributed by atoms with Crippen LogP contribution in [0, 0.1) is 5.92 Å². The highest BCUT2D eigenvalue weighted by molar-refractivity contribution is 4.87. The van der Waals surface area contributed by atoms with E-state index in [0.717, 1.165) is 0 Å². The monoisotopic (exact) mass is 121 g/mol. The molecule has 0 aromatic rings. The van der Waals surface area contributed by atoms with Crippen molar-refractivity contribution < 1.29 is 8.78 Å². The van der Waals surface area contributed by atoms with Crippen molar-refractivity contribution in [3.05, 3.63) is 0 Å². The SMILES string of the molecule is NCC(F)(F)C1CC1. The molecule has 1 aliphatic carbocycles. The summed E-state index contributed by atoms with van der Waals surface area (Å²) in [6, 6.07) is 0. The first kappa shape index (κ1) is 5.95. The summed E-state index contributed by atoms with van der Waals surface area (Å²) in [5.41, 5.74) is 4.80. The smallest absolute Gasteiger partial charge is 0.262 e. The summed E-state index contributed by atoms with van der Waals surface area (Å²) < 4.78 is 24.4. The average molecular weight is 121 g/mol. The van der Waals surface area contributed by atoms with Gasteiger partial charge in [-0.2, -0.15) is 0 Å². The van der Waals surface area contributed by atoms with Crippen molar-refractivity contribution in [2.75, 3.05) is 6.54 Å². The van der Waals surface area contributed by atoms with Crippen molar-refractivity contribution in [1.29, 1.82) is 0 Å². The highest BCUT2D eigenvalue weighted by Gasteiger charge is 2.45. The van der Waals surface area contributed by atoms with E-state index in [-0.39, 0.29) is 0 Å². The van der Waals surface area contributed by atoms with Gasteiger partial charge in [-0.15, -0.1) is 0 Å². The highest BCUT2D eigenvalue weighted by atomic mass is 19.3. The Bertz CT molecular complexity index is 88.4. The largest absolute Gasteiger partial charge is 0.325 e. The molecule has 0 bridgehead atoms. The van der Waals surface area contributed by atoms with Gasteiger partial charge < -0.3 is 5.73 Å². The number of halogens is 2. The van der Waals surface area contributed by atoms with Crippen molar-refractivity contribution in [2.24, 2.45) is 11.7 Å². The number of alkyl halides is 2. The molecule has 0 heterocycles. The molecule has 0 saturated heterocycles. The van der Waals surface area contributed by atoms with Crippen molar-refractivity contribution in [3.8, 4) is 0 Å². The third kappa shape index (κ3) is 0.968. The molecule has 1 rings (SSSR count). The maximum atomic E-state index is 12.2. The summed E-state index contributed by atoms with van der Waals surface area (Å²) in [5.74, 6) is -2.97. The van der Waals surface area contributed by atoms with Gasteiger partial charge in [0.15, 0.2) is 0 Å². The summed E-state index contributed by atoms with van der Waals surface area (Å²) in [4.78, 5) is 0. The molecule has 0 radical (unpaired) electrons. The second-order valence-corrected chi connectivity index (χ2v) is 2.24. The molecule has 1 fully saturated rings. The third-order valence-corrected chi connectivity index (χ3v) is 1.45. The molecule has 3 heteroatoms. The number of hydrogen-bond acceptors (Lipinski definition) is 1. The number of hydrogen-bond donors (Lipinski definition) is 1. The fourth-order valence-electron chi connectivity index (χ4n) is 0.672. The van der Waals surface area contributed by atoms with Gasteiger partial charge in [0.05, 0.1) is 6.54 Å². The zero-order valence-corrected chi connectivity index (χ0v) is 4.53. The minimum Gasteiger partial charge on any atom is -0.325 e. The Labute approximate surface area is 46.9 Å². The molecule has 8 heavy (non-hydrogen) atoms. The van der Waals surface area contributed by atoms with Gasteiger partial charge in [0, 0.05) is 5.92 Å². The van der Waals surface area contributed by atoms with Gasteiger partial charge in [0.25, 0.3) is 5.92 Å². The summed E-state index contributed by atoms with van der Waals surface area (Å²) >= 11 is 0. The summed E-state index contributed by atoms with van der Waals surface area (Å²) in [6.45, 7) is -0.488. The molecule has 0 amide bonds. The highest BCUT2D eigenvalue weighted by Crippen LogP contribution is 2.42. The van der Waals surface area contributed by atoms with E-state index in [4.69, 9.17) is 5.73 Å². The number of rotatable bonds is 2. The average Bonchev–Trinajstić information content (AvgIpc) is 2.44. The van der Waals surface area contributed by atoms with E-state index in [2.05, 4.69) is 0 Å². The van der Waals surface area contributed by atoms with Gasteiger partial charge >= 0.3 is 0 Å². The lowest BCUT2D eigenvalue weighted by molar-refractivity contribution is -0.0125. The Balaban J connectivity index is 2.37. The summed E-state index contributed by atoms with van der Waals surface area (Å²) in [6.07, 6.45) is 1.31. The second kappa shape index (κ2) is 1.65. The van der Waals surface area contributed by atoms with E-state index in [1.54, 1.807) is 0 Å². The molecular formula is C5H9F2N. The van der Waals surface area contributed by atoms with Crippen LogP contribution in [0.25, 0.3) is 0 Å². The minimum absolute atomic E-state index is 0.396. The molecule has 1 nitrogen and oxygen atoms in total. The lowest BCUT2D eigenvalue weighted by Crippen LogP contribution is -2.29. The van der Waals surface area contributed by atoms with Gasteiger partial charge in [-0.1, -0.05) is 0 Å². The molecule has 0 atom stereocenters. The maximum absolute atomic E-state index is 12.2. The zero-order valence-electron chi connectivity index (χ0n) is 4.53. The van der Waals surface area contributed by atoms with Crippen LogP contribution in [0.3, 0.4) is 0 Å². The lowest BCUT2D eigenvalue weighted by Gasteiger charge is -2.10. The second-order valence-electron chi connectivity index (χ2n) is 2.24. The van der Waals surface area contributed by atoms with Crippen molar-refractivity contribution in [3.63, 3.8) is 0 Å². The van der Waals surface area contributed by atoms with Crippen LogP contribution in [-0.2, 0) is 0 Å². The molecule has 0 aliphatic heterocycles.